The first-order chi connectivity index (χ1) is 13.4. The first-order valence-electron chi connectivity index (χ1n) is 9.72. The van der Waals surface area contributed by atoms with E-state index in [9.17, 15) is 9.59 Å². The Balaban J connectivity index is 2.34. The average Bonchev–Trinajstić information content (AvgIpc) is 3.03. The van der Waals surface area contributed by atoms with Crippen LogP contribution in [0, 0.1) is 6.92 Å². The fourth-order valence-corrected chi connectivity index (χ4v) is 3.01. The van der Waals surface area contributed by atoms with Crippen molar-refractivity contribution in [2.24, 2.45) is 0 Å². The molecular formula is C22H30N2O4. The zero-order valence-corrected chi connectivity index (χ0v) is 17.4. The van der Waals surface area contributed by atoms with Crippen LogP contribution in [0.15, 0.2) is 30.3 Å². The summed E-state index contributed by atoms with van der Waals surface area (Å²) in [6.45, 7) is 8.49. The van der Waals surface area contributed by atoms with Gasteiger partial charge in [-0.1, -0.05) is 6.92 Å². The number of carbonyl (C=O) groups is 2. The van der Waals surface area contributed by atoms with Crippen molar-refractivity contribution >= 4 is 11.9 Å². The van der Waals surface area contributed by atoms with Gasteiger partial charge in [-0.05, 0) is 63.1 Å². The predicted octanol–water partition coefficient (Wildman–Crippen LogP) is 3.95. The summed E-state index contributed by atoms with van der Waals surface area (Å²) in [7, 11) is 1.62. The van der Waals surface area contributed by atoms with Gasteiger partial charge >= 0.3 is 5.97 Å². The van der Waals surface area contributed by atoms with Gasteiger partial charge in [0.05, 0.1) is 19.3 Å². The maximum atomic E-state index is 12.4. The Hall–Kier alpha value is -2.76. The van der Waals surface area contributed by atoms with Crippen molar-refractivity contribution in [3.05, 3.63) is 41.6 Å². The van der Waals surface area contributed by atoms with Crippen molar-refractivity contribution in [2.45, 2.75) is 53.1 Å². The van der Waals surface area contributed by atoms with Crippen molar-refractivity contribution in [3.8, 4) is 17.0 Å². The van der Waals surface area contributed by atoms with Gasteiger partial charge in [-0.25, -0.2) is 4.79 Å². The highest BCUT2D eigenvalue weighted by atomic mass is 16.5. The van der Waals surface area contributed by atoms with Gasteiger partial charge in [0, 0.05) is 30.4 Å². The van der Waals surface area contributed by atoms with E-state index in [1.165, 1.54) is 0 Å². The van der Waals surface area contributed by atoms with Crippen LogP contribution >= 0.6 is 0 Å². The molecule has 6 heteroatoms. The highest BCUT2D eigenvalue weighted by Crippen LogP contribution is 2.28. The minimum Gasteiger partial charge on any atom is -0.497 e. The van der Waals surface area contributed by atoms with Crippen LogP contribution in [0.25, 0.3) is 11.3 Å². The van der Waals surface area contributed by atoms with Gasteiger partial charge in [0.1, 0.15) is 5.75 Å². The number of benzene rings is 1. The van der Waals surface area contributed by atoms with E-state index in [-0.39, 0.29) is 17.9 Å². The highest BCUT2D eigenvalue weighted by Gasteiger charge is 2.20. The van der Waals surface area contributed by atoms with E-state index in [4.69, 9.17) is 9.47 Å². The molecule has 0 spiro atoms. The number of rotatable bonds is 9. The van der Waals surface area contributed by atoms with Crippen LogP contribution in [-0.2, 0) is 16.1 Å². The third kappa shape index (κ3) is 5.15. The molecule has 152 valence electrons. The van der Waals surface area contributed by atoms with Crippen LogP contribution < -0.4 is 10.1 Å². The fraction of sp³-hybridized carbons (Fsp3) is 0.455. The number of carbonyl (C=O) groups excluding carboxylic acids is 2. The largest absolute Gasteiger partial charge is 0.497 e. The van der Waals surface area contributed by atoms with E-state index in [0.717, 1.165) is 29.1 Å². The number of ether oxygens (including phenoxy) is 2. The molecule has 1 atom stereocenters. The second-order valence-electron chi connectivity index (χ2n) is 6.76. The molecule has 0 radical (unpaired) electrons. The lowest BCUT2D eigenvalue weighted by Crippen LogP contribution is -2.32. The number of nitrogens with zero attached hydrogens (tertiary/aromatic N) is 1. The van der Waals surface area contributed by atoms with Gasteiger partial charge in [-0.2, -0.15) is 0 Å². The summed E-state index contributed by atoms with van der Waals surface area (Å²) in [4.78, 5) is 24.6. The van der Waals surface area contributed by atoms with E-state index in [2.05, 4.69) is 5.32 Å². The molecule has 1 amide bonds. The summed E-state index contributed by atoms with van der Waals surface area (Å²) in [5.74, 6) is 0.413. The Labute approximate surface area is 166 Å². The molecule has 0 aliphatic rings. The lowest BCUT2D eigenvalue weighted by atomic mass is 10.1. The molecule has 2 rings (SSSR count). The summed E-state index contributed by atoms with van der Waals surface area (Å²) < 4.78 is 12.4. The summed E-state index contributed by atoms with van der Waals surface area (Å²) in [6, 6.07) is 9.62. The normalized spacial score (nSPS) is 11.8. The molecule has 2 aromatic rings. The van der Waals surface area contributed by atoms with Gasteiger partial charge in [-0.3, -0.25) is 4.79 Å². The van der Waals surface area contributed by atoms with E-state index in [0.29, 0.717) is 25.1 Å². The molecule has 1 aromatic carbocycles. The molecule has 0 aliphatic heterocycles. The molecule has 6 nitrogen and oxygen atoms in total. The van der Waals surface area contributed by atoms with E-state index in [1.54, 1.807) is 14.0 Å². The van der Waals surface area contributed by atoms with Gasteiger partial charge in [0.15, 0.2) is 0 Å². The molecule has 28 heavy (non-hydrogen) atoms. The number of esters is 1. The third-order valence-electron chi connectivity index (χ3n) is 4.83. The smallest absolute Gasteiger partial charge is 0.339 e. The van der Waals surface area contributed by atoms with Crippen molar-refractivity contribution in [3.63, 3.8) is 0 Å². The standard InChI is InChI=1S/C22H30N2O4/c1-6-15(3)23-21(25)12-13-24-16(4)19(22(26)28-7-2)14-20(24)17-8-10-18(27-5)11-9-17/h8-11,14-15H,6-7,12-13H2,1-5H3,(H,23,25). The fourth-order valence-electron chi connectivity index (χ4n) is 3.01. The highest BCUT2D eigenvalue weighted by molar-refractivity contribution is 5.92. The number of nitrogens with one attached hydrogen (secondary N) is 1. The maximum Gasteiger partial charge on any atom is 0.339 e. The predicted molar refractivity (Wildman–Crippen MR) is 110 cm³/mol. The van der Waals surface area contributed by atoms with Crippen molar-refractivity contribution in [1.82, 2.24) is 9.88 Å². The molecule has 1 heterocycles. The van der Waals surface area contributed by atoms with E-state index < -0.39 is 0 Å². The van der Waals surface area contributed by atoms with Gasteiger partial charge < -0.3 is 19.4 Å². The van der Waals surface area contributed by atoms with Crippen LogP contribution in [0.4, 0.5) is 0 Å². The molecule has 0 saturated carbocycles. The van der Waals surface area contributed by atoms with E-state index >= 15 is 0 Å². The monoisotopic (exact) mass is 386 g/mol. The number of methoxy groups -OCH3 is 1. The molecule has 1 N–H and O–H groups in total. The van der Waals surface area contributed by atoms with Crippen LogP contribution in [0.3, 0.4) is 0 Å². The van der Waals surface area contributed by atoms with Crippen molar-refractivity contribution in [1.29, 1.82) is 0 Å². The van der Waals surface area contributed by atoms with Gasteiger partial charge in [0.25, 0.3) is 0 Å². The summed E-state index contributed by atoms with van der Waals surface area (Å²) in [5.41, 5.74) is 3.14. The number of hydrogen-bond donors (Lipinski definition) is 1. The first-order valence-corrected chi connectivity index (χ1v) is 9.72. The Kier molecular flexibility index (Phi) is 7.67. The van der Waals surface area contributed by atoms with Gasteiger partial charge in [-0.15, -0.1) is 0 Å². The second kappa shape index (κ2) is 9.97. The Bertz CT molecular complexity index is 809. The van der Waals surface area contributed by atoms with Crippen molar-refractivity contribution < 1.29 is 19.1 Å². The summed E-state index contributed by atoms with van der Waals surface area (Å²) in [5, 5.41) is 2.98. The second-order valence-corrected chi connectivity index (χ2v) is 6.76. The lowest BCUT2D eigenvalue weighted by Gasteiger charge is -2.15. The van der Waals surface area contributed by atoms with Crippen LogP contribution in [0.1, 0.15) is 49.7 Å². The Morgan fingerprint density at radius 2 is 1.86 bits per heavy atom. The number of amides is 1. The molecule has 0 bridgehead atoms. The molecule has 0 fully saturated rings. The molecule has 1 aromatic heterocycles. The van der Waals surface area contributed by atoms with Crippen LogP contribution in [0.5, 0.6) is 5.75 Å². The zero-order chi connectivity index (χ0) is 20.7. The number of hydrogen-bond acceptors (Lipinski definition) is 4. The Morgan fingerprint density at radius 3 is 2.43 bits per heavy atom. The topological polar surface area (TPSA) is 69.6 Å². The SMILES string of the molecule is CCOC(=O)c1cc(-c2ccc(OC)cc2)n(CCC(=O)NC(C)CC)c1C. The number of aromatic nitrogens is 1. The summed E-state index contributed by atoms with van der Waals surface area (Å²) in [6.07, 6.45) is 1.23. The third-order valence-corrected chi connectivity index (χ3v) is 4.83. The Morgan fingerprint density at radius 1 is 1.18 bits per heavy atom. The zero-order valence-electron chi connectivity index (χ0n) is 17.4. The lowest BCUT2D eigenvalue weighted by molar-refractivity contribution is -0.121. The maximum absolute atomic E-state index is 12.4. The summed E-state index contributed by atoms with van der Waals surface area (Å²) >= 11 is 0. The van der Waals surface area contributed by atoms with Crippen LogP contribution in [0.2, 0.25) is 0 Å². The first kappa shape index (κ1) is 21.5. The average molecular weight is 386 g/mol. The minimum atomic E-state index is -0.349. The molecule has 0 aliphatic carbocycles. The molecular weight excluding hydrogens is 356 g/mol. The molecule has 0 saturated heterocycles. The quantitative estimate of drug-likeness (QED) is 0.663. The van der Waals surface area contributed by atoms with Crippen molar-refractivity contribution in [2.75, 3.05) is 13.7 Å². The minimum absolute atomic E-state index is 0.000755. The molecule has 1 unspecified atom stereocenters. The van der Waals surface area contributed by atoms with Gasteiger partial charge in [0.2, 0.25) is 5.91 Å². The van der Waals surface area contributed by atoms with Crippen LogP contribution in [-0.4, -0.2) is 36.2 Å². The van der Waals surface area contributed by atoms with E-state index in [1.807, 2.05) is 55.7 Å².